The van der Waals surface area contributed by atoms with Crippen LogP contribution in [-0.4, -0.2) is 5.91 Å². The fourth-order valence-corrected chi connectivity index (χ4v) is 3.12. The van der Waals surface area contributed by atoms with Crippen LogP contribution in [0.15, 0.2) is 34.1 Å². The minimum absolute atomic E-state index is 0.204. The van der Waals surface area contributed by atoms with Crippen molar-refractivity contribution in [3.05, 3.63) is 49.6 Å². The van der Waals surface area contributed by atoms with Gasteiger partial charge in [0.1, 0.15) is 0 Å². The second-order valence-electron chi connectivity index (χ2n) is 3.63. The maximum Gasteiger partial charge on any atom is 0.253 e. The van der Waals surface area contributed by atoms with Crippen molar-refractivity contribution in [1.82, 2.24) is 5.32 Å². The number of carbonyl (C=O) groups is 1. The van der Waals surface area contributed by atoms with Crippen molar-refractivity contribution in [2.75, 3.05) is 5.73 Å². The third-order valence-corrected chi connectivity index (χ3v) is 4.23. The standard InChI is InChI=1S/C12H10BrClN2OS/c13-11-4-2-8(18-11)6-16-12(17)9-3-1-7(15)5-10(9)14/h1-5H,6,15H2,(H,16,17). The van der Waals surface area contributed by atoms with Crippen molar-refractivity contribution < 1.29 is 4.79 Å². The Balaban J connectivity index is 2.03. The summed E-state index contributed by atoms with van der Waals surface area (Å²) < 4.78 is 1.04. The van der Waals surface area contributed by atoms with Crippen LogP contribution < -0.4 is 11.1 Å². The van der Waals surface area contributed by atoms with E-state index in [1.165, 1.54) is 0 Å². The van der Waals surface area contributed by atoms with Gasteiger partial charge in [0.2, 0.25) is 0 Å². The monoisotopic (exact) mass is 344 g/mol. The van der Waals surface area contributed by atoms with Crippen LogP contribution in [0, 0.1) is 0 Å². The minimum Gasteiger partial charge on any atom is -0.399 e. The molecule has 0 aliphatic rings. The lowest BCUT2D eigenvalue weighted by molar-refractivity contribution is 0.0951. The number of nitrogen functional groups attached to an aromatic ring is 1. The molecule has 0 bridgehead atoms. The first kappa shape index (κ1) is 13.4. The molecule has 0 spiro atoms. The van der Waals surface area contributed by atoms with Crippen molar-refractivity contribution in [1.29, 1.82) is 0 Å². The molecule has 2 rings (SSSR count). The average molecular weight is 346 g/mol. The van der Waals surface area contributed by atoms with Gasteiger partial charge in [0.15, 0.2) is 0 Å². The Bertz CT molecular complexity index is 585. The molecule has 0 fully saturated rings. The molecular formula is C12H10BrClN2OS. The van der Waals surface area contributed by atoms with Crippen molar-refractivity contribution in [2.24, 2.45) is 0 Å². The molecule has 0 saturated heterocycles. The highest BCUT2D eigenvalue weighted by molar-refractivity contribution is 9.11. The van der Waals surface area contributed by atoms with E-state index < -0.39 is 0 Å². The quantitative estimate of drug-likeness (QED) is 0.834. The summed E-state index contributed by atoms with van der Waals surface area (Å²) in [6, 6.07) is 8.75. The molecule has 1 aromatic heterocycles. The van der Waals surface area contributed by atoms with Crippen molar-refractivity contribution in [2.45, 2.75) is 6.54 Å². The Morgan fingerprint density at radius 1 is 1.39 bits per heavy atom. The van der Waals surface area contributed by atoms with Crippen LogP contribution in [0.25, 0.3) is 0 Å². The van der Waals surface area contributed by atoms with E-state index in [0.29, 0.717) is 22.8 Å². The molecule has 1 amide bonds. The van der Waals surface area contributed by atoms with Crippen molar-refractivity contribution in [3.8, 4) is 0 Å². The number of rotatable bonds is 3. The number of hydrogen-bond acceptors (Lipinski definition) is 3. The van der Waals surface area contributed by atoms with Gasteiger partial charge in [-0.3, -0.25) is 4.79 Å². The first-order chi connectivity index (χ1) is 8.56. The smallest absolute Gasteiger partial charge is 0.253 e. The minimum atomic E-state index is -0.204. The third-order valence-electron chi connectivity index (χ3n) is 2.29. The van der Waals surface area contributed by atoms with E-state index >= 15 is 0 Å². The summed E-state index contributed by atoms with van der Waals surface area (Å²) in [4.78, 5) is 13.0. The molecule has 2 aromatic rings. The molecule has 0 aliphatic heterocycles. The highest BCUT2D eigenvalue weighted by atomic mass is 79.9. The molecule has 1 heterocycles. The van der Waals surface area contributed by atoms with Gasteiger partial charge in [-0.25, -0.2) is 0 Å². The van der Waals surface area contributed by atoms with Gasteiger partial charge in [-0.2, -0.15) is 0 Å². The van der Waals surface area contributed by atoms with Gasteiger partial charge in [-0.15, -0.1) is 11.3 Å². The molecule has 6 heteroatoms. The Kier molecular flexibility index (Phi) is 4.27. The van der Waals surface area contributed by atoms with Crippen LogP contribution in [0.2, 0.25) is 5.02 Å². The van der Waals surface area contributed by atoms with Crippen LogP contribution in [0.1, 0.15) is 15.2 Å². The lowest BCUT2D eigenvalue weighted by Gasteiger charge is -2.06. The zero-order chi connectivity index (χ0) is 13.1. The van der Waals surface area contributed by atoms with Crippen LogP contribution in [0.5, 0.6) is 0 Å². The summed E-state index contributed by atoms with van der Waals surface area (Å²) in [6.07, 6.45) is 0. The number of hydrogen-bond donors (Lipinski definition) is 2. The maximum atomic E-state index is 11.9. The number of anilines is 1. The van der Waals surface area contributed by atoms with E-state index in [9.17, 15) is 4.79 Å². The number of nitrogens with two attached hydrogens (primary N) is 1. The summed E-state index contributed by atoms with van der Waals surface area (Å²) in [5, 5.41) is 3.18. The van der Waals surface area contributed by atoms with Gasteiger partial charge in [0.05, 0.1) is 20.9 Å². The SMILES string of the molecule is Nc1ccc(C(=O)NCc2ccc(Br)s2)c(Cl)c1. The van der Waals surface area contributed by atoms with E-state index in [0.717, 1.165) is 8.66 Å². The Hall–Kier alpha value is -1.04. The van der Waals surface area contributed by atoms with E-state index in [1.807, 2.05) is 12.1 Å². The molecule has 0 radical (unpaired) electrons. The fraction of sp³-hybridized carbons (Fsp3) is 0.0833. The molecule has 94 valence electrons. The highest BCUT2D eigenvalue weighted by Crippen LogP contribution is 2.22. The molecule has 0 saturated carbocycles. The predicted molar refractivity (Wildman–Crippen MR) is 79.1 cm³/mol. The Morgan fingerprint density at radius 3 is 2.78 bits per heavy atom. The van der Waals surface area contributed by atoms with Gasteiger partial charge in [0.25, 0.3) is 5.91 Å². The number of benzene rings is 1. The second-order valence-corrected chi connectivity index (χ2v) is 6.58. The van der Waals surface area contributed by atoms with Gasteiger partial charge in [-0.1, -0.05) is 11.6 Å². The first-order valence-corrected chi connectivity index (χ1v) is 7.12. The second kappa shape index (κ2) is 5.73. The van der Waals surface area contributed by atoms with Gasteiger partial charge in [-0.05, 0) is 46.3 Å². The lowest BCUT2D eigenvalue weighted by Crippen LogP contribution is -2.22. The number of carbonyl (C=O) groups excluding carboxylic acids is 1. The van der Waals surface area contributed by atoms with Crippen LogP contribution in [0.4, 0.5) is 5.69 Å². The molecule has 1 aromatic carbocycles. The lowest BCUT2D eigenvalue weighted by atomic mass is 10.2. The first-order valence-electron chi connectivity index (χ1n) is 5.13. The summed E-state index contributed by atoms with van der Waals surface area (Å²) in [5.74, 6) is -0.204. The number of amides is 1. The zero-order valence-electron chi connectivity index (χ0n) is 9.24. The van der Waals surface area contributed by atoms with Gasteiger partial charge < -0.3 is 11.1 Å². The number of nitrogens with one attached hydrogen (secondary N) is 1. The molecule has 0 unspecified atom stereocenters. The summed E-state index contributed by atoms with van der Waals surface area (Å²) in [6.45, 7) is 0.482. The summed E-state index contributed by atoms with van der Waals surface area (Å²) in [5.41, 5.74) is 6.55. The van der Waals surface area contributed by atoms with Crippen LogP contribution in [-0.2, 0) is 6.54 Å². The van der Waals surface area contributed by atoms with Crippen molar-refractivity contribution >= 4 is 50.5 Å². The molecular weight excluding hydrogens is 336 g/mol. The van der Waals surface area contributed by atoms with Crippen LogP contribution >= 0.6 is 38.9 Å². The van der Waals surface area contributed by atoms with E-state index in [2.05, 4.69) is 21.2 Å². The Morgan fingerprint density at radius 2 is 2.17 bits per heavy atom. The summed E-state index contributed by atoms with van der Waals surface area (Å²) >= 11 is 10.9. The predicted octanol–water partition coefficient (Wildman–Crippen LogP) is 3.68. The van der Waals surface area contributed by atoms with Gasteiger partial charge in [0, 0.05) is 10.6 Å². The average Bonchev–Trinajstić information content (AvgIpc) is 2.72. The fourth-order valence-electron chi connectivity index (χ4n) is 1.42. The van der Waals surface area contributed by atoms with Crippen molar-refractivity contribution in [3.63, 3.8) is 0 Å². The van der Waals surface area contributed by atoms with Gasteiger partial charge >= 0.3 is 0 Å². The number of thiophene rings is 1. The highest BCUT2D eigenvalue weighted by Gasteiger charge is 2.10. The molecule has 3 N–H and O–H groups in total. The normalized spacial score (nSPS) is 10.3. The largest absolute Gasteiger partial charge is 0.399 e. The zero-order valence-corrected chi connectivity index (χ0v) is 12.4. The van der Waals surface area contributed by atoms with E-state index in [1.54, 1.807) is 29.5 Å². The molecule has 3 nitrogen and oxygen atoms in total. The van der Waals surface area contributed by atoms with E-state index in [-0.39, 0.29) is 5.91 Å². The van der Waals surface area contributed by atoms with Crippen LogP contribution in [0.3, 0.4) is 0 Å². The molecule has 18 heavy (non-hydrogen) atoms. The Labute approximate surface area is 122 Å². The molecule has 0 atom stereocenters. The molecule has 0 aliphatic carbocycles. The maximum absolute atomic E-state index is 11.9. The third kappa shape index (κ3) is 3.25. The topological polar surface area (TPSA) is 55.1 Å². The number of halogens is 2. The summed E-state index contributed by atoms with van der Waals surface area (Å²) in [7, 11) is 0. The van der Waals surface area contributed by atoms with E-state index in [4.69, 9.17) is 17.3 Å².